The van der Waals surface area contributed by atoms with Crippen LogP contribution in [0.2, 0.25) is 0 Å². The lowest BCUT2D eigenvalue weighted by molar-refractivity contribution is 0.0946. The van der Waals surface area contributed by atoms with Gasteiger partial charge in [-0.15, -0.1) is 0 Å². The molecule has 1 aliphatic carbocycles. The second-order valence-corrected chi connectivity index (χ2v) is 3.18. The van der Waals surface area contributed by atoms with E-state index in [9.17, 15) is 9.59 Å². The lowest BCUT2D eigenvalue weighted by atomic mass is 10.1. The maximum Gasteiger partial charge on any atom is 0.248 e. The van der Waals surface area contributed by atoms with E-state index in [1.54, 1.807) is 6.07 Å². The van der Waals surface area contributed by atoms with Crippen molar-refractivity contribution in [2.45, 2.75) is 13.3 Å². The van der Waals surface area contributed by atoms with Crippen LogP contribution in [-0.2, 0) is 6.42 Å². The van der Waals surface area contributed by atoms with Crippen molar-refractivity contribution in [2.24, 2.45) is 5.92 Å². The first kappa shape index (κ1) is 7.28. The number of H-pyrrole nitrogens is 1. The number of carbonyl (C=O) groups excluding carboxylic acids is 1. The molecule has 0 unspecified atom stereocenters. The number of pyridine rings is 1. The number of aromatic nitrogens is 1. The highest BCUT2D eigenvalue weighted by atomic mass is 16.1. The smallest absolute Gasteiger partial charge is 0.248 e. The van der Waals surface area contributed by atoms with E-state index in [0.29, 0.717) is 12.0 Å². The van der Waals surface area contributed by atoms with E-state index >= 15 is 0 Å². The molecule has 1 heterocycles. The molecule has 1 aromatic rings. The number of carbonyl (C=O) groups is 1. The van der Waals surface area contributed by atoms with E-state index in [4.69, 9.17) is 0 Å². The Bertz CT molecular complexity index is 392. The Balaban J connectivity index is 2.62. The molecule has 0 aromatic carbocycles. The molecule has 0 bridgehead atoms. The molecule has 0 saturated carbocycles. The Morgan fingerprint density at radius 1 is 1.42 bits per heavy atom. The molecular formula is C9H9NO2. The van der Waals surface area contributed by atoms with Crippen LogP contribution in [0.25, 0.3) is 0 Å². The van der Waals surface area contributed by atoms with Crippen LogP contribution in [-0.4, -0.2) is 10.8 Å². The minimum atomic E-state index is -0.129. The molecule has 1 aliphatic rings. The number of aromatic amines is 1. The van der Waals surface area contributed by atoms with E-state index in [2.05, 4.69) is 4.98 Å². The molecule has 1 aromatic heterocycles. The molecule has 1 N–H and O–H groups in total. The van der Waals surface area contributed by atoms with Gasteiger partial charge in [0.2, 0.25) is 5.56 Å². The highest BCUT2D eigenvalue weighted by Gasteiger charge is 2.26. The zero-order chi connectivity index (χ0) is 8.72. The molecule has 62 valence electrons. The van der Waals surface area contributed by atoms with Crippen molar-refractivity contribution in [2.75, 3.05) is 0 Å². The van der Waals surface area contributed by atoms with Gasteiger partial charge in [0.05, 0.1) is 0 Å². The summed E-state index contributed by atoms with van der Waals surface area (Å²) in [5, 5.41) is 0. The van der Waals surface area contributed by atoms with E-state index in [0.717, 1.165) is 5.69 Å². The number of hydrogen-bond donors (Lipinski definition) is 1. The van der Waals surface area contributed by atoms with Crippen molar-refractivity contribution in [3.05, 3.63) is 33.7 Å². The van der Waals surface area contributed by atoms with Gasteiger partial charge in [-0.25, -0.2) is 0 Å². The molecule has 2 rings (SSSR count). The third-order valence-corrected chi connectivity index (χ3v) is 2.22. The van der Waals surface area contributed by atoms with Crippen LogP contribution < -0.4 is 5.56 Å². The summed E-state index contributed by atoms with van der Waals surface area (Å²) >= 11 is 0. The summed E-state index contributed by atoms with van der Waals surface area (Å²) in [5.74, 6) is 0.166. The van der Waals surface area contributed by atoms with Crippen LogP contribution in [0.15, 0.2) is 16.9 Å². The van der Waals surface area contributed by atoms with Gasteiger partial charge in [-0.2, -0.15) is 0 Å². The quantitative estimate of drug-likeness (QED) is 0.613. The topological polar surface area (TPSA) is 49.9 Å². The van der Waals surface area contributed by atoms with Gasteiger partial charge in [0, 0.05) is 23.2 Å². The summed E-state index contributed by atoms with van der Waals surface area (Å²) in [4.78, 5) is 24.9. The average molecular weight is 163 g/mol. The molecule has 3 nitrogen and oxygen atoms in total. The maximum atomic E-state index is 11.4. The first-order chi connectivity index (χ1) is 5.68. The van der Waals surface area contributed by atoms with Gasteiger partial charge in [0.1, 0.15) is 0 Å². The van der Waals surface area contributed by atoms with Gasteiger partial charge in [0.25, 0.3) is 0 Å². The number of nitrogens with one attached hydrogen (secondary N) is 1. The SMILES string of the molecule is C[C@@H]1Cc2[nH]c(=O)ccc2C1=O. The highest BCUT2D eigenvalue weighted by Crippen LogP contribution is 2.22. The monoisotopic (exact) mass is 163 g/mol. The standard InChI is InChI=1S/C9H9NO2/c1-5-4-7-6(9(5)12)2-3-8(11)10-7/h2-3,5H,4H2,1H3,(H,10,11)/t5-/m1/s1. The van der Waals surface area contributed by atoms with Crippen LogP contribution in [0.4, 0.5) is 0 Å². The number of ketones is 1. The zero-order valence-electron chi connectivity index (χ0n) is 6.76. The van der Waals surface area contributed by atoms with Gasteiger partial charge in [0.15, 0.2) is 5.78 Å². The molecule has 0 aliphatic heterocycles. The first-order valence-electron chi connectivity index (χ1n) is 3.95. The van der Waals surface area contributed by atoms with Crippen molar-refractivity contribution in [3.63, 3.8) is 0 Å². The summed E-state index contributed by atoms with van der Waals surface area (Å²) in [6.45, 7) is 1.88. The fraction of sp³-hybridized carbons (Fsp3) is 0.333. The molecule has 1 atom stereocenters. The van der Waals surface area contributed by atoms with E-state index in [1.165, 1.54) is 6.07 Å². The first-order valence-corrected chi connectivity index (χ1v) is 3.95. The van der Waals surface area contributed by atoms with Crippen LogP contribution >= 0.6 is 0 Å². The molecule has 12 heavy (non-hydrogen) atoms. The predicted molar refractivity (Wildman–Crippen MR) is 44.3 cm³/mol. The van der Waals surface area contributed by atoms with Crippen LogP contribution in [0.5, 0.6) is 0 Å². The van der Waals surface area contributed by atoms with E-state index < -0.39 is 0 Å². The van der Waals surface area contributed by atoms with Gasteiger partial charge in [-0.1, -0.05) is 6.92 Å². The summed E-state index contributed by atoms with van der Waals surface area (Å²) in [7, 11) is 0. The van der Waals surface area contributed by atoms with E-state index in [1.807, 2.05) is 6.92 Å². The van der Waals surface area contributed by atoms with Crippen LogP contribution in [0.3, 0.4) is 0 Å². The lowest BCUT2D eigenvalue weighted by Gasteiger charge is -1.93. The lowest BCUT2D eigenvalue weighted by Crippen LogP contribution is -2.07. The number of hydrogen-bond acceptors (Lipinski definition) is 2. The molecule has 0 spiro atoms. The number of Topliss-reactive ketones (excluding diaryl/α,β-unsaturated/α-hetero) is 1. The fourth-order valence-corrected chi connectivity index (χ4v) is 1.57. The number of fused-ring (bicyclic) bond motifs is 1. The van der Waals surface area contributed by atoms with Crippen molar-refractivity contribution in [1.82, 2.24) is 4.98 Å². The van der Waals surface area contributed by atoms with Gasteiger partial charge >= 0.3 is 0 Å². The van der Waals surface area contributed by atoms with Crippen molar-refractivity contribution < 1.29 is 4.79 Å². The third-order valence-electron chi connectivity index (χ3n) is 2.22. The summed E-state index contributed by atoms with van der Waals surface area (Å²) in [6, 6.07) is 3.01. The normalized spacial score (nSPS) is 21.1. The van der Waals surface area contributed by atoms with Crippen LogP contribution in [0, 0.1) is 5.92 Å². The average Bonchev–Trinajstić information content (AvgIpc) is 2.28. The molecule has 0 radical (unpaired) electrons. The minimum absolute atomic E-state index is 0.0260. The highest BCUT2D eigenvalue weighted by molar-refractivity contribution is 6.01. The second-order valence-electron chi connectivity index (χ2n) is 3.18. The fourth-order valence-electron chi connectivity index (χ4n) is 1.57. The zero-order valence-corrected chi connectivity index (χ0v) is 6.76. The predicted octanol–water partition coefficient (Wildman–Crippen LogP) is 0.750. The molecular weight excluding hydrogens is 154 g/mol. The summed E-state index contributed by atoms with van der Waals surface area (Å²) in [5.41, 5.74) is 1.35. The Kier molecular flexibility index (Phi) is 1.40. The molecule has 3 heteroatoms. The Labute approximate surface area is 69.4 Å². The van der Waals surface area contributed by atoms with Gasteiger partial charge in [-0.05, 0) is 12.5 Å². The minimum Gasteiger partial charge on any atom is -0.325 e. The Morgan fingerprint density at radius 3 is 2.92 bits per heavy atom. The van der Waals surface area contributed by atoms with Gasteiger partial charge in [-0.3, -0.25) is 9.59 Å². The largest absolute Gasteiger partial charge is 0.325 e. The van der Waals surface area contributed by atoms with Gasteiger partial charge < -0.3 is 4.98 Å². The van der Waals surface area contributed by atoms with E-state index in [-0.39, 0.29) is 17.3 Å². The molecule has 0 amide bonds. The van der Waals surface area contributed by atoms with Crippen molar-refractivity contribution >= 4 is 5.78 Å². The third kappa shape index (κ3) is 0.897. The second kappa shape index (κ2) is 2.30. The molecule has 0 saturated heterocycles. The molecule has 0 fully saturated rings. The maximum absolute atomic E-state index is 11.4. The van der Waals surface area contributed by atoms with Crippen molar-refractivity contribution in [1.29, 1.82) is 0 Å². The van der Waals surface area contributed by atoms with Crippen LogP contribution in [0.1, 0.15) is 23.0 Å². The Morgan fingerprint density at radius 2 is 2.17 bits per heavy atom. The number of rotatable bonds is 0. The van der Waals surface area contributed by atoms with Crippen molar-refractivity contribution in [3.8, 4) is 0 Å². The summed E-state index contributed by atoms with van der Waals surface area (Å²) < 4.78 is 0. The Hall–Kier alpha value is -1.38. The summed E-state index contributed by atoms with van der Waals surface area (Å²) in [6.07, 6.45) is 0.671.